The summed E-state index contributed by atoms with van der Waals surface area (Å²) >= 11 is 1.82. The summed E-state index contributed by atoms with van der Waals surface area (Å²) in [5.41, 5.74) is 8.94. The SMILES string of the molecule is O=P(c1ccccc1)(c1ccccc1)c1cccc(-c2ccc3sc4ccc(-c5cccc(-n6cnc7c6-c6ccnn6CCC7)c5)cc4c3c2)c1. The molecule has 0 N–H and O–H groups in total. The summed E-state index contributed by atoms with van der Waals surface area (Å²) in [6.07, 6.45) is 5.81. The fourth-order valence-corrected chi connectivity index (χ4v) is 11.5. The molecule has 5 nitrogen and oxygen atoms in total. The molecule has 0 fully saturated rings. The van der Waals surface area contributed by atoms with Crippen molar-refractivity contribution in [2.24, 2.45) is 0 Å². The maximum Gasteiger partial charge on any atom is 0.171 e. The van der Waals surface area contributed by atoms with Gasteiger partial charge in [-0.05, 0) is 83.6 Å². The third-order valence-electron chi connectivity index (χ3n) is 10.3. The van der Waals surface area contributed by atoms with E-state index in [-0.39, 0.29) is 0 Å². The zero-order chi connectivity index (χ0) is 34.6. The van der Waals surface area contributed by atoms with Gasteiger partial charge in [0.2, 0.25) is 0 Å². The summed E-state index contributed by atoms with van der Waals surface area (Å²) in [6.45, 7) is 0.905. The second-order valence-electron chi connectivity index (χ2n) is 13.4. The first kappa shape index (κ1) is 31.0. The smallest absolute Gasteiger partial charge is 0.171 e. The van der Waals surface area contributed by atoms with Crippen LogP contribution in [-0.4, -0.2) is 19.3 Å². The summed E-state index contributed by atoms with van der Waals surface area (Å²) in [7, 11) is -3.09. The molecule has 0 saturated heterocycles. The molecule has 1 aliphatic rings. The molecule has 4 heterocycles. The molecule has 0 atom stereocenters. The molecular weight excluding hydrogens is 676 g/mol. The van der Waals surface area contributed by atoms with Gasteiger partial charge in [0.05, 0.1) is 17.1 Å². The van der Waals surface area contributed by atoms with Crippen molar-refractivity contribution in [3.05, 3.63) is 170 Å². The Morgan fingerprint density at radius 3 is 1.90 bits per heavy atom. The lowest BCUT2D eigenvalue weighted by Gasteiger charge is -2.20. The molecule has 0 unspecified atom stereocenters. The summed E-state index contributed by atoms with van der Waals surface area (Å²) < 4.78 is 22.0. The minimum absolute atomic E-state index is 0.832. The Balaban J connectivity index is 1.05. The minimum Gasteiger partial charge on any atom is -0.309 e. The molecule has 0 bridgehead atoms. The van der Waals surface area contributed by atoms with E-state index in [1.807, 2.05) is 96.7 Å². The molecule has 1 aliphatic heterocycles. The van der Waals surface area contributed by atoms with Crippen LogP contribution in [0.1, 0.15) is 12.1 Å². The largest absolute Gasteiger partial charge is 0.309 e. The first-order valence-corrected chi connectivity index (χ1v) is 20.1. The predicted octanol–water partition coefficient (Wildman–Crippen LogP) is 10.0. The Morgan fingerprint density at radius 2 is 1.21 bits per heavy atom. The average molecular weight is 709 g/mol. The quantitative estimate of drug-likeness (QED) is 0.162. The maximum absolute atomic E-state index is 15.1. The highest BCUT2D eigenvalue weighted by Crippen LogP contribution is 2.44. The van der Waals surface area contributed by atoms with Crippen LogP contribution < -0.4 is 15.9 Å². The Labute approximate surface area is 305 Å². The summed E-state index contributed by atoms with van der Waals surface area (Å²) in [6, 6.07) is 52.4. The van der Waals surface area contributed by atoms with Gasteiger partial charge in [0.15, 0.2) is 7.14 Å². The number of imidazole rings is 1. The third kappa shape index (κ3) is 5.10. The highest BCUT2D eigenvalue weighted by atomic mass is 32.1. The van der Waals surface area contributed by atoms with Gasteiger partial charge in [0, 0.05) is 54.5 Å². The normalized spacial score (nSPS) is 12.8. The lowest BCUT2D eigenvalue weighted by atomic mass is 10.00. The number of hydrogen-bond donors (Lipinski definition) is 0. The van der Waals surface area contributed by atoms with Crippen molar-refractivity contribution < 1.29 is 4.57 Å². The molecule has 10 rings (SSSR count). The van der Waals surface area contributed by atoms with E-state index in [1.54, 1.807) is 0 Å². The van der Waals surface area contributed by atoms with Gasteiger partial charge in [-0.1, -0.05) is 103 Å². The maximum atomic E-state index is 15.1. The molecule has 52 heavy (non-hydrogen) atoms. The molecule has 0 amide bonds. The monoisotopic (exact) mass is 708 g/mol. The van der Waals surface area contributed by atoms with Gasteiger partial charge in [0.1, 0.15) is 6.33 Å². The second-order valence-corrected chi connectivity index (χ2v) is 17.2. The second kappa shape index (κ2) is 12.4. The summed E-state index contributed by atoms with van der Waals surface area (Å²) in [5, 5.41) is 9.54. The average Bonchev–Trinajstić information content (AvgIpc) is 3.92. The highest BCUT2D eigenvalue weighted by Gasteiger charge is 2.30. The minimum atomic E-state index is -3.09. The van der Waals surface area contributed by atoms with Crippen LogP contribution >= 0.6 is 18.5 Å². The van der Waals surface area contributed by atoms with Crippen molar-refractivity contribution >= 4 is 54.6 Å². The highest BCUT2D eigenvalue weighted by molar-refractivity contribution is 7.85. The van der Waals surface area contributed by atoms with Crippen molar-refractivity contribution in [3.63, 3.8) is 0 Å². The van der Waals surface area contributed by atoms with Crippen LogP contribution in [0.15, 0.2) is 164 Å². The van der Waals surface area contributed by atoms with Gasteiger partial charge in [-0.3, -0.25) is 9.25 Å². The van der Waals surface area contributed by atoms with Crippen molar-refractivity contribution in [3.8, 4) is 39.3 Å². The van der Waals surface area contributed by atoms with Gasteiger partial charge in [-0.2, -0.15) is 5.10 Å². The zero-order valence-electron chi connectivity index (χ0n) is 28.3. The van der Waals surface area contributed by atoms with Gasteiger partial charge in [0.25, 0.3) is 0 Å². The van der Waals surface area contributed by atoms with Crippen molar-refractivity contribution in [1.82, 2.24) is 19.3 Å². The molecule has 0 saturated carbocycles. The molecule has 250 valence electrons. The molecule has 9 aromatic rings. The Morgan fingerprint density at radius 1 is 0.596 bits per heavy atom. The number of benzene rings is 6. The molecular formula is C45H33N4OPS. The zero-order valence-corrected chi connectivity index (χ0v) is 30.0. The van der Waals surface area contributed by atoms with Gasteiger partial charge in [-0.15, -0.1) is 11.3 Å². The lowest BCUT2D eigenvalue weighted by Crippen LogP contribution is -2.25. The van der Waals surface area contributed by atoms with Crippen LogP contribution in [0.5, 0.6) is 0 Å². The molecule has 6 aromatic carbocycles. The number of hydrogen-bond acceptors (Lipinski definition) is 4. The lowest BCUT2D eigenvalue weighted by molar-refractivity contribution is 0.591. The fraction of sp³-hybridized carbons (Fsp3) is 0.0667. The van der Waals surface area contributed by atoms with E-state index in [1.165, 1.54) is 25.7 Å². The van der Waals surface area contributed by atoms with E-state index in [9.17, 15) is 0 Å². The number of nitrogens with zero attached hydrogens (tertiary/aromatic N) is 4. The third-order valence-corrected chi connectivity index (χ3v) is 14.5. The number of thiophene rings is 1. The van der Waals surface area contributed by atoms with Gasteiger partial charge < -0.3 is 4.57 Å². The summed E-state index contributed by atoms with van der Waals surface area (Å²) in [5.74, 6) is 0. The van der Waals surface area contributed by atoms with Crippen molar-refractivity contribution in [2.45, 2.75) is 19.4 Å². The van der Waals surface area contributed by atoms with E-state index < -0.39 is 7.14 Å². The summed E-state index contributed by atoms with van der Waals surface area (Å²) in [4.78, 5) is 4.83. The number of aromatic nitrogens is 4. The molecule has 0 aliphatic carbocycles. The van der Waals surface area contributed by atoms with E-state index >= 15 is 4.57 Å². The van der Waals surface area contributed by atoms with Gasteiger partial charge >= 0.3 is 0 Å². The molecule has 3 aromatic heterocycles. The van der Waals surface area contributed by atoms with E-state index in [2.05, 4.69) is 93.2 Å². The van der Waals surface area contributed by atoms with Crippen molar-refractivity contribution in [1.29, 1.82) is 0 Å². The van der Waals surface area contributed by atoms with Crippen LogP contribution in [0, 0.1) is 0 Å². The van der Waals surface area contributed by atoms with Crippen LogP contribution in [0.25, 0.3) is 59.5 Å². The molecule has 0 spiro atoms. The topological polar surface area (TPSA) is 52.7 Å². The van der Waals surface area contributed by atoms with E-state index in [0.717, 1.165) is 74.8 Å². The van der Waals surface area contributed by atoms with Crippen molar-refractivity contribution in [2.75, 3.05) is 0 Å². The Bertz CT molecular complexity index is 2770. The van der Waals surface area contributed by atoms with Crippen LogP contribution in [0.2, 0.25) is 0 Å². The van der Waals surface area contributed by atoms with Crippen LogP contribution in [0.3, 0.4) is 0 Å². The fourth-order valence-electron chi connectivity index (χ4n) is 7.72. The van der Waals surface area contributed by atoms with E-state index in [4.69, 9.17) is 4.98 Å². The van der Waals surface area contributed by atoms with Crippen LogP contribution in [-0.2, 0) is 17.5 Å². The standard InChI is InChI=1S/C45H33N4OPS/c50-51(36-13-3-1-4-14-36,37-15-5-2-6-16-37)38-17-8-11-32(27-38)34-20-22-44-40(29-34)39-28-33(19-21-43(39)52-44)31-10-7-12-35(26-31)48-30-46-41-18-9-25-49-42(45(41)48)23-24-47-49/h1-8,10-17,19-24,26-30H,9,18,25H2. The van der Waals surface area contributed by atoms with E-state index in [0.29, 0.717) is 0 Å². The first-order chi connectivity index (χ1) is 25.6. The number of fused-ring (bicyclic) bond motifs is 6. The predicted molar refractivity (Wildman–Crippen MR) is 216 cm³/mol. The number of rotatable bonds is 6. The Hall–Kier alpha value is -5.81. The Kier molecular flexibility index (Phi) is 7.41. The van der Waals surface area contributed by atoms with Crippen LogP contribution in [0.4, 0.5) is 0 Å². The molecule has 7 heteroatoms. The first-order valence-electron chi connectivity index (χ1n) is 17.6. The molecule has 0 radical (unpaired) electrons. The number of aryl methyl sites for hydroxylation is 2. The van der Waals surface area contributed by atoms with Gasteiger partial charge in [-0.25, -0.2) is 4.98 Å².